The van der Waals surface area contributed by atoms with Gasteiger partial charge in [-0.05, 0) is 74.7 Å². The van der Waals surface area contributed by atoms with Crippen molar-refractivity contribution in [2.45, 2.75) is 45.2 Å². The molecule has 7 nitrogen and oxygen atoms in total. The number of nitrogens with one attached hydrogen (secondary N) is 1. The van der Waals surface area contributed by atoms with Crippen molar-refractivity contribution in [2.24, 2.45) is 0 Å². The number of nitrogens with zero attached hydrogens (tertiary/aromatic N) is 2. The van der Waals surface area contributed by atoms with Crippen molar-refractivity contribution < 1.29 is 18.0 Å². The van der Waals surface area contributed by atoms with Gasteiger partial charge in [0.15, 0.2) is 0 Å². The monoisotopic (exact) mass is 541 g/mol. The number of hydrogen-bond donors (Lipinski definition) is 1. The number of anilines is 1. The van der Waals surface area contributed by atoms with E-state index in [0.717, 1.165) is 15.4 Å². The lowest BCUT2D eigenvalue weighted by molar-refractivity contribution is -0.139. The number of halogens is 1. The Balaban J connectivity index is 2.06. The van der Waals surface area contributed by atoms with Crippen LogP contribution in [0.15, 0.2) is 77.7 Å². The summed E-state index contributed by atoms with van der Waals surface area (Å²) in [5.41, 5.74) is 2.69. The highest BCUT2D eigenvalue weighted by atomic mass is 35.5. The third-order valence-electron chi connectivity index (χ3n) is 6.00. The maximum absolute atomic E-state index is 13.8. The van der Waals surface area contributed by atoms with Crippen LogP contribution in [0.25, 0.3) is 0 Å². The molecule has 0 aliphatic rings. The van der Waals surface area contributed by atoms with Crippen molar-refractivity contribution in [2.75, 3.05) is 17.4 Å². The Morgan fingerprint density at radius 2 is 1.68 bits per heavy atom. The van der Waals surface area contributed by atoms with Crippen LogP contribution in [0.3, 0.4) is 0 Å². The zero-order chi connectivity index (χ0) is 27.2. The highest BCUT2D eigenvalue weighted by Crippen LogP contribution is 2.28. The fourth-order valence-electron chi connectivity index (χ4n) is 3.96. The molecule has 196 valence electrons. The minimum Gasteiger partial charge on any atom is -0.355 e. The lowest BCUT2D eigenvalue weighted by Crippen LogP contribution is -2.51. The Kier molecular flexibility index (Phi) is 9.34. The number of aryl methyl sites for hydroxylation is 2. The van der Waals surface area contributed by atoms with Crippen molar-refractivity contribution in [1.29, 1.82) is 0 Å². The average Bonchev–Trinajstić information content (AvgIpc) is 2.87. The molecular formula is C28H32ClN3O4S. The molecule has 0 saturated heterocycles. The molecule has 0 aliphatic heterocycles. The molecule has 1 atom stereocenters. The Labute approximate surface area is 224 Å². The normalized spacial score (nSPS) is 12.0. The maximum atomic E-state index is 13.8. The van der Waals surface area contributed by atoms with Crippen LogP contribution in [0.4, 0.5) is 5.69 Å². The van der Waals surface area contributed by atoms with E-state index in [0.29, 0.717) is 22.8 Å². The lowest BCUT2D eigenvalue weighted by Gasteiger charge is -2.32. The van der Waals surface area contributed by atoms with E-state index in [2.05, 4.69) is 5.32 Å². The minimum atomic E-state index is -4.09. The molecule has 3 aromatic rings. The highest BCUT2D eigenvalue weighted by Gasteiger charge is 2.33. The van der Waals surface area contributed by atoms with Crippen LogP contribution in [0, 0.1) is 13.8 Å². The molecule has 0 heterocycles. The standard InChI is InChI=1S/C28H32ClN3O4S/c1-5-30-28(34)22(4)31(18-23-10-9-11-24(29)17-23)27(33)19-32(26-16-20(2)14-15-21(26)3)37(35,36)25-12-7-6-8-13-25/h6-17,22H,5,18-19H2,1-4H3,(H,30,34)/t22-/m0/s1. The SMILES string of the molecule is CCNC(=O)[C@H](C)N(Cc1cccc(Cl)c1)C(=O)CN(c1cc(C)ccc1C)S(=O)(=O)c1ccccc1. The van der Waals surface area contributed by atoms with Crippen LogP contribution in [-0.2, 0) is 26.2 Å². The molecule has 1 N–H and O–H groups in total. The maximum Gasteiger partial charge on any atom is 0.264 e. The molecule has 3 rings (SSSR count). The summed E-state index contributed by atoms with van der Waals surface area (Å²) in [5.74, 6) is -0.846. The fourth-order valence-corrected chi connectivity index (χ4v) is 5.66. The molecule has 9 heteroatoms. The van der Waals surface area contributed by atoms with Crippen molar-refractivity contribution in [1.82, 2.24) is 10.2 Å². The number of carbonyl (C=O) groups is 2. The van der Waals surface area contributed by atoms with E-state index in [4.69, 9.17) is 11.6 Å². The zero-order valence-corrected chi connectivity index (χ0v) is 23.0. The van der Waals surface area contributed by atoms with E-state index in [-0.39, 0.29) is 17.3 Å². The Morgan fingerprint density at radius 1 is 0.973 bits per heavy atom. The van der Waals surface area contributed by atoms with Gasteiger partial charge in [0, 0.05) is 18.1 Å². The van der Waals surface area contributed by atoms with Gasteiger partial charge in [0.05, 0.1) is 10.6 Å². The van der Waals surface area contributed by atoms with Crippen LogP contribution in [-0.4, -0.2) is 44.3 Å². The zero-order valence-electron chi connectivity index (χ0n) is 21.4. The van der Waals surface area contributed by atoms with Crippen LogP contribution in [0.2, 0.25) is 5.02 Å². The number of amides is 2. The second kappa shape index (κ2) is 12.3. The summed E-state index contributed by atoms with van der Waals surface area (Å²) in [6.07, 6.45) is 0. The lowest BCUT2D eigenvalue weighted by atomic mass is 10.1. The summed E-state index contributed by atoms with van der Waals surface area (Å²) in [5, 5.41) is 3.24. The first kappa shape index (κ1) is 28.2. The number of likely N-dealkylation sites (N-methyl/N-ethyl adjacent to an activating group) is 1. The Hall–Kier alpha value is -3.36. The molecule has 0 bridgehead atoms. The smallest absolute Gasteiger partial charge is 0.264 e. The van der Waals surface area contributed by atoms with Gasteiger partial charge in [0.25, 0.3) is 10.0 Å². The third kappa shape index (κ3) is 6.90. The van der Waals surface area contributed by atoms with Gasteiger partial charge in [0.1, 0.15) is 12.6 Å². The largest absolute Gasteiger partial charge is 0.355 e. The molecule has 0 unspecified atom stereocenters. The van der Waals surface area contributed by atoms with Crippen molar-refractivity contribution in [3.8, 4) is 0 Å². The van der Waals surface area contributed by atoms with Crippen LogP contribution >= 0.6 is 11.6 Å². The van der Waals surface area contributed by atoms with Crippen LogP contribution in [0.5, 0.6) is 0 Å². The van der Waals surface area contributed by atoms with E-state index in [1.54, 1.807) is 69.3 Å². The van der Waals surface area contributed by atoms with Crippen LogP contribution in [0.1, 0.15) is 30.5 Å². The molecule has 0 spiro atoms. The summed E-state index contributed by atoms with van der Waals surface area (Å²) in [7, 11) is -4.09. The molecular weight excluding hydrogens is 510 g/mol. The predicted octanol–water partition coefficient (Wildman–Crippen LogP) is 4.71. The minimum absolute atomic E-state index is 0.0712. The van der Waals surface area contributed by atoms with Crippen molar-refractivity contribution in [3.05, 3.63) is 94.5 Å². The Morgan fingerprint density at radius 3 is 2.32 bits per heavy atom. The summed E-state index contributed by atoms with van der Waals surface area (Å²) in [6.45, 7) is 7.09. The van der Waals surface area contributed by atoms with E-state index >= 15 is 0 Å². The number of rotatable bonds is 10. The summed E-state index contributed by atoms with van der Waals surface area (Å²) in [4.78, 5) is 28.1. The molecule has 0 saturated carbocycles. The fraction of sp³-hybridized carbons (Fsp3) is 0.286. The highest BCUT2D eigenvalue weighted by molar-refractivity contribution is 7.92. The molecule has 0 radical (unpaired) electrons. The molecule has 37 heavy (non-hydrogen) atoms. The Bertz CT molecular complexity index is 1360. The summed E-state index contributed by atoms with van der Waals surface area (Å²) >= 11 is 6.15. The quantitative estimate of drug-likeness (QED) is 0.403. The average molecular weight is 542 g/mol. The van der Waals surface area contributed by atoms with Gasteiger partial charge in [-0.2, -0.15) is 0 Å². The molecule has 2 amide bonds. The van der Waals surface area contributed by atoms with Gasteiger partial charge < -0.3 is 10.2 Å². The molecule has 0 aliphatic carbocycles. The second-order valence-electron chi connectivity index (χ2n) is 8.84. The van der Waals surface area contributed by atoms with Crippen molar-refractivity contribution >= 4 is 39.1 Å². The van der Waals surface area contributed by atoms with E-state index in [1.165, 1.54) is 17.0 Å². The first-order valence-corrected chi connectivity index (χ1v) is 13.8. The van der Waals surface area contributed by atoms with E-state index in [9.17, 15) is 18.0 Å². The number of benzene rings is 3. The first-order valence-electron chi connectivity index (χ1n) is 12.0. The van der Waals surface area contributed by atoms with Gasteiger partial charge in [-0.25, -0.2) is 8.42 Å². The topological polar surface area (TPSA) is 86.8 Å². The van der Waals surface area contributed by atoms with Gasteiger partial charge in [0.2, 0.25) is 11.8 Å². The van der Waals surface area contributed by atoms with E-state index < -0.39 is 28.5 Å². The molecule has 3 aromatic carbocycles. The van der Waals surface area contributed by atoms with Crippen LogP contribution < -0.4 is 9.62 Å². The number of carbonyl (C=O) groups excluding carboxylic acids is 2. The van der Waals surface area contributed by atoms with Gasteiger partial charge in [-0.3, -0.25) is 13.9 Å². The van der Waals surface area contributed by atoms with Gasteiger partial charge in [-0.1, -0.05) is 54.1 Å². The van der Waals surface area contributed by atoms with Crippen molar-refractivity contribution in [3.63, 3.8) is 0 Å². The third-order valence-corrected chi connectivity index (χ3v) is 8.01. The summed E-state index contributed by atoms with van der Waals surface area (Å²) < 4.78 is 28.8. The number of hydrogen-bond acceptors (Lipinski definition) is 4. The van der Waals surface area contributed by atoms with Gasteiger partial charge in [-0.15, -0.1) is 0 Å². The predicted molar refractivity (Wildman–Crippen MR) is 147 cm³/mol. The first-order chi connectivity index (χ1) is 17.5. The molecule has 0 aromatic heterocycles. The second-order valence-corrected chi connectivity index (χ2v) is 11.1. The van der Waals surface area contributed by atoms with Gasteiger partial charge >= 0.3 is 0 Å². The molecule has 0 fully saturated rings. The van der Waals surface area contributed by atoms with E-state index in [1.807, 2.05) is 19.1 Å². The summed E-state index contributed by atoms with van der Waals surface area (Å²) in [6, 6.07) is 19.6. The number of sulfonamides is 1.